The van der Waals surface area contributed by atoms with Gasteiger partial charge in [-0.1, -0.05) is 26.8 Å². The molecule has 144 valence electrons. The molecule has 1 heterocycles. The van der Waals surface area contributed by atoms with Crippen LogP contribution in [-0.2, 0) is 9.59 Å². The number of rotatable bonds is 5. The molecule has 1 N–H and O–H groups in total. The van der Waals surface area contributed by atoms with E-state index in [-0.39, 0.29) is 17.9 Å². The number of hydrogen-bond acceptors (Lipinski definition) is 4. The van der Waals surface area contributed by atoms with E-state index in [0.717, 1.165) is 18.4 Å². The number of nitrogens with one attached hydrogen (secondary N) is 1. The highest BCUT2D eigenvalue weighted by molar-refractivity contribution is 5.89. The zero-order valence-corrected chi connectivity index (χ0v) is 16.6. The van der Waals surface area contributed by atoms with Crippen molar-refractivity contribution in [1.29, 1.82) is 0 Å². The van der Waals surface area contributed by atoms with Crippen LogP contribution in [0.25, 0.3) is 0 Å². The van der Waals surface area contributed by atoms with Gasteiger partial charge in [-0.05, 0) is 37.5 Å². The molecule has 2 atom stereocenters. The predicted octanol–water partition coefficient (Wildman–Crippen LogP) is 2.92. The van der Waals surface area contributed by atoms with Gasteiger partial charge in [-0.2, -0.15) is 0 Å². The third kappa shape index (κ3) is 4.29. The first-order valence-electron chi connectivity index (χ1n) is 9.02. The highest BCUT2D eigenvalue weighted by Crippen LogP contribution is 2.37. The van der Waals surface area contributed by atoms with Gasteiger partial charge in [0.1, 0.15) is 6.04 Å². The lowest BCUT2D eigenvalue weighted by atomic mass is 9.95. The lowest BCUT2D eigenvalue weighted by Crippen LogP contribution is -2.49. The monoisotopic (exact) mass is 362 g/mol. The number of carbonyl (C=O) groups is 2. The summed E-state index contributed by atoms with van der Waals surface area (Å²) < 4.78 is 10.7. The zero-order chi connectivity index (χ0) is 19.5. The normalized spacial score (nSPS) is 18.4. The number of likely N-dealkylation sites (tertiary alicyclic amines) is 1. The van der Waals surface area contributed by atoms with Crippen molar-refractivity contribution < 1.29 is 19.1 Å². The van der Waals surface area contributed by atoms with Gasteiger partial charge in [0, 0.05) is 12.0 Å². The molecule has 1 aliphatic rings. The Balaban J connectivity index is 2.17. The Hall–Kier alpha value is -2.24. The van der Waals surface area contributed by atoms with E-state index in [1.807, 2.05) is 43.9 Å². The molecule has 0 saturated carbocycles. The second kappa shape index (κ2) is 7.98. The number of methoxy groups -OCH3 is 2. The fourth-order valence-corrected chi connectivity index (χ4v) is 3.16. The van der Waals surface area contributed by atoms with Gasteiger partial charge < -0.3 is 19.7 Å². The molecule has 1 aromatic carbocycles. The van der Waals surface area contributed by atoms with E-state index in [2.05, 4.69) is 5.32 Å². The average Bonchev–Trinajstić information content (AvgIpc) is 3.09. The molecule has 1 aliphatic heterocycles. The van der Waals surface area contributed by atoms with Crippen LogP contribution in [0.3, 0.4) is 0 Å². The summed E-state index contributed by atoms with van der Waals surface area (Å²) in [4.78, 5) is 27.0. The predicted molar refractivity (Wildman–Crippen MR) is 100 cm³/mol. The Morgan fingerprint density at radius 1 is 1.19 bits per heavy atom. The summed E-state index contributed by atoms with van der Waals surface area (Å²) >= 11 is 0. The first kappa shape index (κ1) is 20.1. The molecule has 2 amide bonds. The quantitative estimate of drug-likeness (QED) is 0.874. The maximum atomic E-state index is 12.9. The molecule has 0 spiro atoms. The van der Waals surface area contributed by atoms with Crippen molar-refractivity contribution in [3.05, 3.63) is 23.8 Å². The zero-order valence-electron chi connectivity index (χ0n) is 16.6. The number of ether oxygens (including phenoxy) is 2. The molecule has 2 unspecified atom stereocenters. The molecule has 2 rings (SSSR count). The van der Waals surface area contributed by atoms with E-state index >= 15 is 0 Å². The van der Waals surface area contributed by atoms with Gasteiger partial charge in [-0.15, -0.1) is 0 Å². The van der Waals surface area contributed by atoms with Crippen molar-refractivity contribution >= 4 is 11.8 Å². The highest BCUT2D eigenvalue weighted by atomic mass is 16.5. The van der Waals surface area contributed by atoms with E-state index in [1.165, 1.54) is 0 Å². The van der Waals surface area contributed by atoms with E-state index in [1.54, 1.807) is 21.1 Å². The fraction of sp³-hybridized carbons (Fsp3) is 0.600. The summed E-state index contributed by atoms with van der Waals surface area (Å²) in [5, 5.41) is 2.83. The third-order valence-corrected chi connectivity index (χ3v) is 4.73. The minimum atomic E-state index is -0.553. The van der Waals surface area contributed by atoms with Gasteiger partial charge in [0.05, 0.1) is 20.3 Å². The smallest absolute Gasteiger partial charge is 0.245 e. The summed E-state index contributed by atoms with van der Waals surface area (Å²) in [6.07, 6.45) is 1.83. The SMILES string of the molecule is COc1ccc(C2CCCN2C(=O)C(C)NC(=O)C(C)(C)C)cc1OC. The largest absolute Gasteiger partial charge is 0.493 e. The summed E-state index contributed by atoms with van der Waals surface area (Å²) in [6, 6.07) is 5.18. The molecular formula is C20H30N2O4. The highest BCUT2D eigenvalue weighted by Gasteiger charge is 2.34. The van der Waals surface area contributed by atoms with Crippen LogP contribution in [0.1, 0.15) is 52.1 Å². The molecule has 26 heavy (non-hydrogen) atoms. The maximum absolute atomic E-state index is 12.9. The molecule has 0 radical (unpaired) electrons. The molecule has 0 bridgehead atoms. The average molecular weight is 362 g/mol. The van der Waals surface area contributed by atoms with Gasteiger partial charge in [0.15, 0.2) is 11.5 Å². The Labute approximate surface area is 155 Å². The summed E-state index contributed by atoms with van der Waals surface area (Å²) in [5.74, 6) is 1.14. The Morgan fingerprint density at radius 2 is 1.85 bits per heavy atom. The second-order valence-electron chi connectivity index (χ2n) is 7.75. The first-order valence-corrected chi connectivity index (χ1v) is 9.02. The summed E-state index contributed by atoms with van der Waals surface area (Å²) in [6.45, 7) is 7.94. The third-order valence-electron chi connectivity index (χ3n) is 4.73. The molecule has 1 aromatic rings. The minimum absolute atomic E-state index is 0.0173. The molecule has 6 heteroatoms. The fourth-order valence-electron chi connectivity index (χ4n) is 3.16. The Bertz CT molecular complexity index is 666. The van der Waals surface area contributed by atoms with Crippen molar-refractivity contribution in [2.45, 2.75) is 52.6 Å². The lowest BCUT2D eigenvalue weighted by molar-refractivity contribution is -0.138. The van der Waals surface area contributed by atoms with Crippen LogP contribution < -0.4 is 14.8 Å². The van der Waals surface area contributed by atoms with Crippen LogP contribution in [0.15, 0.2) is 18.2 Å². The lowest BCUT2D eigenvalue weighted by Gasteiger charge is -2.29. The topological polar surface area (TPSA) is 67.9 Å². The van der Waals surface area contributed by atoms with Crippen LogP contribution in [0, 0.1) is 5.41 Å². The van der Waals surface area contributed by atoms with Crippen molar-refractivity contribution in [2.75, 3.05) is 20.8 Å². The van der Waals surface area contributed by atoms with Crippen molar-refractivity contribution in [3.63, 3.8) is 0 Å². The van der Waals surface area contributed by atoms with Gasteiger partial charge in [0.2, 0.25) is 11.8 Å². The summed E-state index contributed by atoms with van der Waals surface area (Å²) in [7, 11) is 3.20. The van der Waals surface area contributed by atoms with Crippen LogP contribution in [0.5, 0.6) is 11.5 Å². The van der Waals surface area contributed by atoms with Gasteiger partial charge in [-0.3, -0.25) is 9.59 Å². The van der Waals surface area contributed by atoms with Crippen molar-refractivity contribution in [2.24, 2.45) is 5.41 Å². The van der Waals surface area contributed by atoms with E-state index in [9.17, 15) is 9.59 Å². The molecular weight excluding hydrogens is 332 g/mol. The van der Waals surface area contributed by atoms with Crippen LogP contribution >= 0.6 is 0 Å². The standard InChI is InChI=1S/C20H30N2O4/c1-13(21-19(24)20(2,3)4)18(23)22-11-7-8-15(22)14-9-10-16(25-5)17(12-14)26-6/h9-10,12-13,15H,7-8,11H2,1-6H3,(H,21,24). The van der Waals surface area contributed by atoms with Crippen LogP contribution in [0.2, 0.25) is 0 Å². The molecule has 0 aliphatic carbocycles. The first-order chi connectivity index (χ1) is 12.2. The van der Waals surface area contributed by atoms with Crippen molar-refractivity contribution in [3.8, 4) is 11.5 Å². The number of amides is 2. The Kier molecular flexibility index (Phi) is 6.16. The van der Waals surface area contributed by atoms with Crippen LogP contribution in [0.4, 0.5) is 0 Å². The van der Waals surface area contributed by atoms with Gasteiger partial charge in [-0.25, -0.2) is 0 Å². The Morgan fingerprint density at radius 3 is 2.42 bits per heavy atom. The number of benzene rings is 1. The van der Waals surface area contributed by atoms with E-state index in [4.69, 9.17) is 9.47 Å². The molecule has 6 nitrogen and oxygen atoms in total. The van der Waals surface area contributed by atoms with Crippen molar-refractivity contribution in [1.82, 2.24) is 10.2 Å². The molecule has 0 aromatic heterocycles. The molecule has 1 saturated heterocycles. The minimum Gasteiger partial charge on any atom is -0.493 e. The van der Waals surface area contributed by atoms with Crippen LogP contribution in [-0.4, -0.2) is 43.5 Å². The number of nitrogens with zero attached hydrogens (tertiary/aromatic N) is 1. The molecule has 1 fully saturated rings. The van der Waals surface area contributed by atoms with E-state index < -0.39 is 11.5 Å². The maximum Gasteiger partial charge on any atom is 0.245 e. The number of hydrogen-bond donors (Lipinski definition) is 1. The summed E-state index contributed by atoms with van der Waals surface area (Å²) in [5.41, 5.74) is 0.491. The second-order valence-corrected chi connectivity index (χ2v) is 7.75. The number of carbonyl (C=O) groups excluding carboxylic acids is 2. The van der Waals surface area contributed by atoms with Gasteiger partial charge in [0.25, 0.3) is 0 Å². The van der Waals surface area contributed by atoms with E-state index in [0.29, 0.717) is 18.0 Å². The van der Waals surface area contributed by atoms with Gasteiger partial charge >= 0.3 is 0 Å².